The van der Waals surface area contributed by atoms with E-state index in [1.54, 1.807) is 0 Å². The number of aromatic hydroxyl groups is 1. The fourth-order valence-electron chi connectivity index (χ4n) is 1.08. The number of amides is 1. The molecular formula is C9H9I2NO3. The highest BCUT2D eigenvalue weighted by molar-refractivity contribution is 14.1. The summed E-state index contributed by atoms with van der Waals surface area (Å²) in [5.41, 5.74) is 1.01. The Balaban J connectivity index is 2.66. The Morgan fingerprint density at radius 1 is 1.33 bits per heavy atom. The maximum Gasteiger partial charge on any atom is 0.404 e. The number of benzene rings is 1. The highest BCUT2D eigenvalue weighted by Crippen LogP contribution is 2.27. The Morgan fingerprint density at radius 2 is 1.87 bits per heavy atom. The van der Waals surface area contributed by atoms with Gasteiger partial charge >= 0.3 is 6.09 Å². The van der Waals surface area contributed by atoms with Crippen molar-refractivity contribution in [1.82, 2.24) is 5.32 Å². The number of hydrogen-bond acceptors (Lipinski definition) is 2. The van der Waals surface area contributed by atoms with E-state index in [0.717, 1.165) is 12.7 Å². The van der Waals surface area contributed by atoms with Gasteiger partial charge < -0.3 is 15.5 Å². The van der Waals surface area contributed by atoms with Crippen molar-refractivity contribution in [3.63, 3.8) is 0 Å². The molecule has 0 aliphatic rings. The molecule has 0 atom stereocenters. The van der Waals surface area contributed by atoms with Crippen LogP contribution in [0, 0.1) is 7.14 Å². The quantitative estimate of drug-likeness (QED) is 0.642. The monoisotopic (exact) mass is 433 g/mol. The lowest BCUT2D eigenvalue weighted by Crippen LogP contribution is -2.23. The van der Waals surface area contributed by atoms with E-state index in [4.69, 9.17) is 5.11 Å². The second kappa shape index (κ2) is 5.73. The van der Waals surface area contributed by atoms with Crippen molar-refractivity contribution in [2.75, 3.05) is 6.54 Å². The molecule has 1 aromatic carbocycles. The first-order valence-corrected chi connectivity index (χ1v) is 6.30. The SMILES string of the molecule is O=C(O)NCCc1cc(I)c(O)c(I)c1. The number of carboxylic acid groups (broad SMARTS) is 1. The molecule has 0 saturated heterocycles. The molecule has 1 amide bonds. The fourth-order valence-corrected chi connectivity index (χ4v) is 2.97. The van der Waals surface area contributed by atoms with E-state index in [0.29, 0.717) is 13.0 Å². The van der Waals surface area contributed by atoms with E-state index >= 15 is 0 Å². The molecule has 82 valence electrons. The zero-order chi connectivity index (χ0) is 11.4. The van der Waals surface area contributed by atoms with Gasteiger partial charge in [0.2, 0.25) is 0 Å². The van der Waals surface area contributed by atoms with Crippen molar-refractivity contribution in [2.45, 2.75) is 6.42 Å². The molecule has 6 heteroatoms. The summed E-state index contributed by atoms with van der Waals surface area (Å²) in [5, 5.41) is 20.2. The third kappa shape index (κ3) is 4.01. The molecule has 0 unspecified atom stereocenters. The van der Waals surface area contributed by atoms with E-state index in [1.807, 2.05) is 57.3 Å². The summed E-state index contributed by atoms with van der Waals surface area (Å²) in [7, 11) is 0. The van der Waals surface area contributed by atoms with Crippen LogP contribution in [0.15, 0.2) is 12.1 Å². The lowest BCUT2D eigenvalue weighted by molar-refractivity contribution is 0.194. The second-order valence-corrected chi connectivity index (χ2v) is 5.21. The van der Waals surface area contributed by atoms with E-state index in [-0.39, 0.29) is 5.75 Å². The number of phenolic OH excluding ortho intramolecular Hbond substituents is 1. The maximum atomic E-state index is 10.2. The highest BCUT2D eigenvalue weighted by Gasteiger charge is 2.05. The van der Waals surface area contributed by atoms with Crippen LogP contribution < -0.4 is 5.32 Å². The van der Waals surface area contributed by atoms with Gasteiger partial charge in [-0.3, -0.25) is 0 Å². The predicted octanol–water partition coefficient (Wildman–Crippen LogP) is 2.41. The molecule has 1 aromatic rings. The first-order chi connectivity index (χ1) is 7.00. The summed E-state index contributed by atoms with van der Waals surface area (Å²) in [4.78, 5) is 10.2. The molecule has 0 fully saturated rings. The highest BCUT2D eigenvalue weighted by atomic mass is 127. The van der Waals surface area contributed by atoms with Crippen molar-refractivity contribution >= 4 is 51.3 Å². The van der Waals surface area contributed by atoms with Crippen molar-refractivity contribution in [3.8, 4) is 5.75 Å². The molecular weight excluding hydrogens is 424 g/mol. The van der Waals surface area contributed by atoms with Gasteiger partial charge in [0.15, 0.2) is 0 Å². The average Bonchev–Trinajstić information content (AvgIpc) is 2.13. The van der Waals surface area contributed by atoms with Gasteiger partial charge in [-0.1, -0.05) is 0 Å². The minimum atomic E-state index is -1.02. The molecule has 0 aliphatic carbocycles. The normalized spacial score (nSPS) is 10.0. The van der Waals surface area contributed by atoms with Crippen LogP contribution in [0.4, 0.5) is 4.79 Å². The van der Waals surface area contributed by atoms with Gasteiger partial charge in [-0.05, 0) is 69.3 Å². The maximum absolute atomic E-state index is 10.2. The van der Waals surface area contributed by atoms with Gasteiger partial charge in [0.1, 0.15) is 5.75 Å². The molecule has 0 spiro atoms. The van der Waals surface area contributed by atoms with Crippen molar-refractivity contribution in [3.05, 3.63) is 24.8 Å². The third-order valence-electron chi connectivity index (χ3n) is 1.77. The number of halogens is 2. The summed E-state index contributed by atoms with van der Waals surface area (Å²) >= 11 is 4.10. The van der Waals surface area contributed by atoms with Crippen LogP contribution in [0.25, 0.3) is 0 Å². The average molecular weight is 433 g/mol. The zero-order valence-electron chi connectivity index (χ0n) is 7.63. The third-order valence-corrected chi connectivity index (χ3v) is 3.41. The van der Waals surface area contributed by atoms with Crippen LogP contribution in [0.3, 0.4) is 0 Å². The molecule has 0 radical (unpaired) electrons. The van der Waals surface area contributed by atoms with Gasteiger partial charge in [-0.25, -0.2) is 4.79 Å². The molecule has 4 nitrogen and oxygen atoms in total. The van der Waals surface area contributed by atoms with Crippen LogP contribution in [-0.4, -0.2) is 22.9 Å². The topological polar surface area (TPSA) is 69.6 Å². The van der Waals surface area contributed by atoms with E-state index in [2.05, 4.69) is 5.32 Å². The van der Waals surface area contributed by atoms with Crippen molar-refractivity contribution in [2.24, 2.45) is 0 Å². The number of hydrogen-bond donors (Lipinski definition) is 3. The number of nitrogens with one attached hydrogen (secondary N) is 1. The van der Waals surface area contributed by atoms with Crippen LogP contribution in [0.1, 0.15) is 5.56 Å². The lowest BCUT2D eigenvalue weighted by atomic mass is 10.1. The minimum absolute atomic E-state index is 0.283. The Bertz CT molecular complexity index is 359. The van der Waals surface area contributed by atoms with Crippen LogP contribution in [0.2, 0.25) is 0 Å². The molecule has 0 bridgehead atoms. The summed E-state index contributed by atoms with van der Waals surface area (Å²) < 4.78 is 1.56. The number of rotatable bonds is 3. The Morgan fingerprint density at radius 3 is 2.33 bits per heavy atom. The first kappa shape index (κ1) is 12.8. The van der Waals surface area contributed by atoms with E-state index in [1.165, 1.54) is 0 Å². The smallest absolute Gasteiger partial charge is 0.404 e. The van der Waals surface area contributed by atoms with Gasteiger partial charge in [-0.15, -0.1) is 0 Å². The summed E-state index contributed by atoms with van der Waals surface area (Å²) in [6.45, 7) is 0.381. The van der Waals surface area contributed by atoms with Gasteiger partial charge in [0.25, 0.3) is 0 Å². The van der Waals surface area contributed by atoms with Crippen LogP contribution in [-0.2, 0) is 6.42 Å². The van der Waals surface area contributed by atoms with Crippen molar-refractivity contribution in [1.29, 1.82) is 0 Å². The van der Waals surface area contributed by atoms with Gasteiger partial charge in [0.05, 0.1) is 7.14 Å². The molecule has 0 saturated carbocycles. The first-order valence-electron chi connectivity index (χ1n) is 4.14. The molecule has 15 heavy (non-hydrogen) atoms. The summed E-state index contributed by atoms with van der Waals surface area (Å²) in [5.74, 6) is 0.283. The van der Waals surface area contributed by atoms with E-state index < -0.39 is 6.09 Å². The minimum Gasteiger partial charge on any atom is -0.506 e. The zero-order valence-corrected chi connectivity index (χ0v) is 11.9. The van der Waals surface area contributed by atoms with Gasteiger partial charge in [-0.2, -0.15) is 0 Å². The Kier molecular flexibility index (Phi) is 4.90. The molecule has 0 heterocycles. The van der Waals surface area contributed by atoms with Gasteiger partial charge in [0, 0.05) is 6.54 Å². The standard InChI is InChI=1S/C9H9I2NO3/c10-6-3-5(1-2-12-9(14)15)4-7(11)8(6)13/h3-4,12-13H,1-2H2,(H,14,15). The van der Waals surface area contributed by atoms with Crippen LogP contribution in [0.5, 0.6) is 5.75 Å². The predicted molar refractivity (Wildman–Crippen MR) is 73.3 cm³/mol. The van der Waals surface area contributed by atoms with Crippen molar-refractivity contribution < 1.29 is 15.0 Å². The molecule has 1 rings (SSSR count). The largest absolute Gasteiger partial charge is 0.506 e. The van der Waals surface area contributed by atoms with E-state index in [9.17, 15) is 9.90 Å². The van der Waals surface area contributed by atoms with Crippen LogP contribution >= 0.6 is 45.2 Å². The molecule has 0 aromatic heterocycles. The summed E-state index contributed by atoms with van der Waals surface area (Å²) in [6.07, 6.45) is -0.392. The molecule has 3 N–H and O–H groups in total. The Labute approximate surface area is 114 Å². The fraction of sp³-hybridized carbons (Fsp3) is 0.222. The Hall–Kier alpha value is -0.250. The second-order valence-electron chi connectivity index (χ2n) is 2.89. The lowest BCUT2D eigenvalue weighted by Gasteiger charge is -2.06. The summed E-state index contributed by atoms with van der Waals surface area (Å²) in [6, 6.07) is 3.70. The molecule has 0 aliphatic heterocycles. The number of phenols is 1. The number of carbonyl (C=O) groups is 1.